The van der Waals surface area contributed by atoms with Gasteiger partial charge in [-0.25, -0.2) is 0 Å². The van der Waals surface area contributed by atoms with Crippen molar-refractivity contribution in [2.75, 3.05) is 0 Å². The SMILES string of the molecule is C[C@H](OC(=O)Cc1coc2cc(O)ccc12)C(=O)NC1CCCCCC1. The molecular formula is C20H25NO5. The first-order valence-electron chi connectivity index (χ1n) is 9.22. The summed E-state index contributed by atoms with van der Waals surface area (Å²) in [4.78, 5) is 24.5. The zero-order valence-electron chi connectivity index (χ0n) is 15.0. The van der Waals surface area contributed by atoms with Gasteiger partial charge in [0.2, 0.25) is 0 Å². The van der Waals surface area contributed by atoms with Crippen molar-refractivity contribution in [1.82, 2.24) is 5.32 Å². The lowest BCUT2D eigenvalue weighted by atomic mass is 10.1. The molecule has 1 amide bonds. The topological polar surface area (TPSA) is 88.8 Å². The van der Waals surface area contributed by atoms with Gasteiger partial charge in [-0.05, 0) is 31.9 Å². The Morgan fingerprint density at radius 1 is 1.27 bits per heavy atom. The van der Waals surface area contributed by atoms with Crippen LogP contribution in [0.1, 0.15) is 51.0 Å². The molecule has 0 radical (unpaired) electrons. The first kappa shape index (κ1) is 18.3. The lowest BCUT2D eigenvalue weighted by Gasteiger charge is -2.19. The Labute approximate surface area is 152 Å². The van der Waals surface area contributed by atoms with E-state index < -0.39 is 12.1 Å². The van der Waals surface area contributed by atoms with Crippen LogP contribution in [0.25, 0.3) is 11.0 Å². The summed E-state index contributed by atoms with van der Waals surface area (Å²) in [6, 6.07) is 4.90. The van der Waals surface area contributed by atoms with E-state index in [1.807, 2.05) is 0 Å². The van der Waals surface area contributed by atoms with Gasteiger partial charge in [0.25, 0.3) is 5.91 Å². The number of esters is 1. The molecule has 140 valence electrons. The third kappa shape index (κ3) is 4.56. The number of furan rings is 1. The maximum atomic E-state index is 12.3. The Hall–Kier alpha value is -2.50. The minimum Gasteiger partial charge on any atom is -0.508 e. The number of hydrogen-bond acceptors (Lipinski definition) is 5. The summed E-state index contributed by atoms with van der Waals surface area (Å²) in [5.74, 6) is -0.624. The number of fused-ring (bicyclic) bond motifs is 1. The maximum absolute atomic E-state index is 12.3. The van der Waals surface area contributed by atoms with E-state index in [2.05, 4.69) is 5.32 Å². The van der Waals surface area contributed by atoms with E-state index in [1.54, 1.807) is 13.0 Å². The number of carbonyl (C=O) groups excluding carboxylic acids is 2. The molecule has 1 heterocycles. The highest BCUT2D eigenvalue weighted by Gasteiger charge is 2.22. The molecule has 0 spiro atoms. The Kier molecular flexibility index (Phi) is 5.81. The van der Waals surface area contributed by atoms with E-state index in [0.29, 0.717) is 11.1 Å². The second-order valence-corrected chi connectivity index (χ2v) is 6.95. The molecular weight excluding hydrogens is 334 g/mol. The predicted octanol–water partition coefficient (Wildman–Crippen LogP) is 3.45. The summed E-state index contributed by atoms with van der Waals surface area (Å²) in [5.41, 5.74) is 1.17. The van der Waals surface area contributed by atoms with Gasteiger partial charge in [-0.3, -0.25) is 9.59 Å². The highest BCUT2D eigenvalue weighted by molar-refractivity contribution is 5.88. The van der Waals surface area contributed by atoms with Crippen LogP contribution in [0.2, 0.25) is 0 Å². The van der Waals surface area contributed by atoms with Gasteiger partial charge in [0, 0.05) is 23.1 Å². The van der Waals surface area contributed by atoms with Gasteiger partial charge in [0.15, 0.2) is 6.10 Å². The second kappa shape index (κ2) is 8.25. The Balaban J connectivity index is 1.53. The second-order valence-electron chi connectivity index (χ2n) is 6.95. The van der Waals surface area contributed by atoms with Gasteiger partial charge >= 0.3 is 5.97 Å². The molecule has 1 aromatic carbocycles. The van der Waals surface area contributed by atoms with Crippen LogP contribution in [0.15, 0.2) is 28.9 Å². The average Bonchev–Trinajstić information content (AvgIpc) is 2.81. The lowest BCUT2D eigenvalue weighted by Crippen LogP contribution is -2.42. The van der Waals surface area contributed by atoms with E-state index in [-0.39, 0.29) is 24.1 Å². The van der Waals surface area contributed by atoms with Crippen LogP contribution in [0.5, 0.6) is 5.75 Å². The van der Waals surface area contributed by atoms with Crippen LogP contribution in [0.3, 0.4) is 0 Å². The van der Waals surface area contributed by atoms with Gasteiger partial charge in [-0.2, -0.15) is 0 Å². The smallest absolute Gasteiger partial charge is 0.311 e. The van der Waals surface area contributed by atoms with E-state index in [4.69, 9.17) is 9.15 Å². The van der Waals surface area contributed by atoms with Crippen molar-refractivity contribution in [1.29, 1.82) is 0 Å². The molecule has 0 unspecified atom stereocenters. The average molecular weight is 359 g/mol. The third-order valence-electron chi connectivity index (χ3n) is 4.85. The molecule has 1 fully saturated rings. The molecule has 1 aliphatic rings. The van der Waals surface area contributed by atoms with Gasteiger partial charge in [0.1, 0.15) is 11.3 Å². The molecule has 3 rings (SSSR count). The molecule has 0 bridgehead atoms. The fraction of sp³-hybridized carbons (Fsp3) is 0.500. The molecule has 1 aromatic heterocycles. The van der Waals surface area contributed by atoms with Gasteiger partial charge in [-0.15, -0.1) is 0 Å². The Bertz CT molecular complexity index is 774. The van der Waals surface area contributed by atoms with E-state index in [0.717, 1.165) is 31.1 Å². The van der Waals surface area contributed by atoms with Crippen molar-refractivity contribution in [3.05, 3.63) is 30.0 Å². The van der Waals surface area contributed by atoms with Crippen molar-refractivity contribution in [2.45, 2.75) is 64.0 Å². The summed E-state index contributed by atoms with van der Waals surface area (Å²) < 4.78 is 10.6. The number of hydrogen-bond donors (Lipinski definition) is 2. The number of aromatic hydroxyl groups is 1. The van der Waals surface area contributed by atoms with Crippen molar-refractivity contribution in [2.24, 2.45) is 0 Å². The highest BCUT2D eigenvalue weighted by atomic mass is 16.5. The molecule has 1 aliphatic carbocycles. The van der Waals surface area contributed by atoms with E-state index in [1.165, 1.54) is 31.2 Å². The van der Waals surface area contributed by atoms with Crippen LogP contribution >= 0.6 is 0 Å². The molecule has 6 heteroatoms. The van der Waals surface area contributed by atoms with Gasteiger partial charge in [0.05, 0.1) is 12.7 Å². The quantitative estimate of drug-likeness (QED) is 0.630. The molecule has 2 aromatic rings. The van der Waals surface area contributed by atoms with Crippen molar-refractivity contribution < 1.29 is 23.8 Å². The van der Waals surface area contributed by atoms with Crippen LogP contribution in [0.4, 0.5) is 0 Å². The summed E-state index contributed by atoms with van der Waals surface area (Å²) in [5, 5.41) is 13.2. The minimum absolute atomic E-state index is 0.0127. The van der Waals surface area contributed by atoms with Crippen LogP contribution < -0.4 is 5.32 Å². The Morgan fingerprint density at radius 2 is 2.00 bits per heavy atom. The van der Waals surface area contributed by atoms with Crippen molar-refractivity contribution >= 4 is 22.8 Å². The van der Waals surface area contributed by atoms with Crippen LogP contribution in [-0.4, -0.2) is 29.1 Å². The summed E-state index contributed by atoms with van der Waals surface area (Å²) in [7, 11) is 0. The molecule has 1 saturated carbocycles. The normalized spacial score (nSPS) is 16.8. The molecule has 6 nitrogen and oxygen atoms in total. The van der Waals surface area contributed by atoms with Crippen molar-refractivity contribution in [3.63, 3.8) is 0 Å². The zero-order chi connectivity index (χ0) is 18.5. The number of ether oxygens (including phenoxy) is 1. The fourth-order valence-electron chi connectivity index (χ4n) is 3.40. The molecule has 0 saturated heterocycles. The van der Waals surface area contributed by atoms with Crippen molar-refractivity contribution in [3.8, 4) is 5.75 Å². The maximum Gasteiger partial charge on any atom is 0.311 e. The van der Waals surface area contributed by atoms with E-state index in [9.17, 15) is 14.7 Å². The number of phenols is 1. The molecule has 1 atom stereocenters. The lowest BCUT2D eigenvalue weighted by molar-refractivity contribution is -0.154. The highest BCUT2D eigenvalue weighted by Crippen LogP contribution is 2.25. The number of rotatable bonds is 5. The number of benzene rings is 1. The standard InChI is InChI=1S/C20H25NO5/c1-13(20(24)21-15-6-4-2-3-5-7-15)26-19(23)10-14-12-25-18-11-16(22)8-9-17(14)18/h8-9,11-13,15,22H,2-7,10H2,1H3,(H,21,24)/t13-/m0/s1. The monoisotopic (exact) mass is 359 g/mol. The minimum atomic E-state index is -0.826. The number of amides is 1. The molecule has 26 heavy (non-hydrogen) atoms. The summed E-state index contributed by atoms with van der Waals surface area (Å²) in [6.45, 7) is 1.59. The van der Waals surface area contributed by atoms with Crippen LogP contribution in [0, 0.1) is 0 Å². The Morgan fingerprint density at radius 3 is 2.73 bits per heavy atom. The number of phenolic OH excluding ortho intramolecular Hbond substituents is 1. The zero-order valence-corrected chi connectivity index (χ0v) is 15.0. The number of nitrogens with one attached hydrogen (secondary N) is 1. The summed E-state index contributed by atoms with van der Waals surface area (Å²) >= 11 is 0. The summed E-state index contributed by atoms with van der Waals surface area (Å²) in [6.07, 6.45) is 7.32. The van der Waals surface area contributed by atoms with Gasteiger partial charge < -0.3 is 19.6 Å². The first-order chi connectivity index (χ1) is 12.5. The predicted molar refractivity (Wildman–Crippen MR) is 96.8 cm³/mol. The largest absolute Gasteiger partial charge is 0.508 e. The molecule has 2 N–H and O–H groups in total. The van der Waals surface area contributed by atoms with E-state index >= 15 is 0 Å². The van der Waals surface area contributed by atoms with Crippen LogP contribution in [-0.2, 0) is 20.7 Å². The number of carbonyl (C=O) groups is 2. The third-order valence-corrected chi connectivity index (χ3v) is 4.85. The molecule has 0 aliphatic heterocycles. The fourth-order valence-corrected chi connectivity index (χ4v) is 3.40. The first-order valence-corrected chi connectivity index (χ1v) is 9.22. The van der Waals surface area contributed by atoms with Gasteiger partial charge in [-0.1, -0.05) is 25.7 Å².